The number of halogens is 4. The minimum atomic E-state index is -4.48. The molecule has 0 unspecified atom stereocenters. The monoisotopic (exact) mass is 545 g/mol. The van der Waals surface area contributed by atoms with Crippen molar-refractivity contribution in [3.8, 4) is 16.9 Å². The molecule has 4 aromatic rings. The van der Waals surface area contributed by atoms with Crippen LogP contribution in [0.4, 0.5) is 18.9 Å². The SMILES string of the molecule is Cc1ccc(NC(=O)CSc2ncc(-c3ccc(Br)cc3)n2-c2cccc(C(F)(F)F)c2)cc1. The van der Waals surface area contributed by atoms with E-state index in [2.05, 4.69) is 26.2 Å². The number of benzene rings is 3. The second-order valence-corrected chi connectivity index (χ2v) is 9.38. The predicted octanol–water partition coefficient (Wildman–Crippen LogP) is 7.36. The molecule has 1 amide bonds. The third kappa shape index (κ3) is 5.71. The van der Waals surface area contributed by atoms with Crippen LogP contribution in [-0.4, -0.2) is 21.2 Å². The molecule has 0 aliphatic carbocycles. The molecular formula is C25H19BrF3N3OS. The maximum Gasteiger partial charge on any atom is 0.416 e. The summed E-state index contributed by atoms with van der Waals surface area (Å²) in [6.45, 7) is 1.96. The van der Waals surface area contributed by atoms with Crippen LogP contribution in [0.15, 0.2) is 88.6 Å². The van der Waals surface area contributed by atoms with Crippen LogP contribution in [0.5, 0.6) is 0 Å². The van der Waals surface area contributed by atoms with Gasteiger partial charge in [0.05, 0.1) is 23.2 Å². The van der Waals surface area contributed by atoms with Crippen LogP contribution in [0.25, 0.3) is 16.9 Å². The summed E-state index contributed by atoms with van der Waals surface area (Å²) in [5, 5.41) is 3.23. The van der Waals surface area contributed by atoms with Crippen molar-refractivity contribution in [2.45, 2.75) is 18.3 Å². The molecule has 1 N–H and O–H groups in total. The van der Waals surface area contributed by atoms with E-state index in [4.69, 9.17) is 0 Å². The van der Waals surface area contributed by atoms with Gasteiger partial charge in [-0.1, -0.05) is 63.6 Å². The van der Waals surface area contributed by atoms with Gasteiger partial charge in [0.15, 0.2) is 5.16 Å². The first-order chi connectivity index (χ1) is 16.2. The highest BCUT2D eigenvalue weighted by Crippen LogP contribution is 2.34. The molecule has 9 heteroatoms. The third-order valence-corrected chi connectivity index (χ3v) is 6.45. The Morgan fingerprint density at radius 3 is 2.44 bits per heavy atom. The fourth-order valence-electron chi connectivity index (χ4n) is 3.30. The number of carbonyl (C=O) groups is 1. The number of anilines is 1. The number of nitrogens with zero attached hydrogens (tertiary/aromatic N) is 2. The minimum absolute atomic E-state index is 0.0453. The second kappa shape index (κ2) is 10.1. The van der Waals surface area contributed by atoms with E-state index in [1.165, 1.54) is 6.07 Å². The Kier molecular flexibility index (Phi) is 7.13. The Labute approximate surface area is 207 Å². The molecule has 0 fully saturated rings. The van der Waals surface area contributed by atoms with Crippen molar-refractivity contribution < 1.29 is 18.0 Å². The molecule has 1 heterocycles. The predicted molar refractivity (Wildman–Crippen MR) is 132 cm³/mol. The molecule has 0 aliphatic rings. The van der Waals surface area contributed by atoms with Gasteiger partial charge in [0.2, 0.25) is 5.91 Å². The van der Waals surface area contributed by atoms with E-state index < -0.39 is 11.7 Å². The zero-order chi connectivity index (χ0) is 24.3. The maximum atomic E-state index is 13.4. The number of aromatic nitrogens is 2. The van der Waals surface area contributed by atoms with Gasteiger partial charge in [0, 0.05) is 21.4 Å². The summed E-state index contributed by atoms with van der Waals surface area (Å²) in [5.41, 5.74) is 2.71. The number of amides is 1. The molecule has 0 saturated heterocycles. The summed E-state index contributed by atoms with van der Waals surface area (Å²) >= 11 is 4.55. The Balaban J connectivity index is 1.65. The Hall–Kier alpha value is -3.04. The Bertz CT molecular complexity index is 1300. The van der Waals surface area contributed by atoms with Crippen molar-refractivity contribution in [1.29, 1.82) is 0 Å². The fraction of sp³-hybridized carbons (Fsp3) is 0.120. The molecule has 0 bridgehead atoms. The van der Waals surface area contributed by atoms with Gasteiger partial charge in [-0.3, -0.25) is 9.36 Å². The van der Waals surface area contributed by atoms with E-state index >= 15 is 0 Å². The van der Waals surface area contributed by atoms with Crippen molar-refractivity contribution in [3.63, 3.8) is 0 Å². The summed E-state index contributed by atoms with van der Waals surface area (Å²) in [6, 6.07) is 19.9. The van der Waals surface area contributed by atoms with Crippen molar-refractivity contribution in [2.75, 3.05) is 11.1 Å². The van der Waals surface area contributed by atoms with Crippen molar-refractivity contribution >= 4 is 39.3 Å². The van der Waals surface area contributed by atoms with Crippen LogP contribution in [0.3, 0.4) is 0 Å². The molecular weight excluding hydrogens is 527 g/mol. The highest BCUT2D eigenvalue weighted by atomic mass is 79.9. The van der Waals surface area contributed by atoms with Crippen LogP contribution in [0, 0.1) is 6.92 Å². The van der Waals surface area contributed by atoms with E-state index in [0.717, 1.165) is 39.5 Å². The van der Waals surface area contributed by atoms with Gasteiger partial charge in [-0.2, -0.15) is 13.2 Å². The smallest absolute Gasteiger partial charge is 0.325 e. The lowest BCUT2D eigenvalue weighted by atomic mass is 10.1. The van der Waals surface area contributed by atoms with Gasteiger partial charge < -0.3 is 5.32 Å². The van der Waals surface area contributed by atoms with E-state index in [1.54, 1.807) is 16.8 Å². The molecule has 4 nitrogen and oxygen atoms in total. The highest BCUT2D eigenvalue weighted by Gasteiger charge is 2.31. The molecule has 0 atom stereocenters. The number of imidazole rings is 1. The molecule has 0 aliphatic heterocycles. The molecule has 0 spiro atoms. The molecule has 0 radical (unpaired) electrons. The van der Waals surface area contributed by atoms with Gasteiger partial charge in [-0.25, -0.2) is 4.98 Å². The van der Waals surface area contributed by atoms with Crippen LogP contribution in [0.1, 0.15) is 11.1 Å². The van der Waals surface area contributed by atoms with Crippen LogP contribution in [-0.2, 0) is 11.0 Å². The molecule has 4 rings (SSSR count). The second-order valence-electron chi connectivity index (χ2n) is 7.52. The molecule has 3 aromatic carbocycles. The number of hydrogen-bond acceptors (Lipinski definition) is 3. The first kappa shape index (κ1) is 24.1. The summed E-state index contributed by atoms with van der Waals surface area (Å²) in [5.74, 6) is -0.193. The maximum absolute atomic E-state index is 13.4. The normalized spacial score (nSPS) is 11.4. The van der Waals surface area contributed by atoms with E-state index in [0.29, 0.717) is 22.2 Å². The minimum Gasteiger partial charge on any atom is -0.325 e. The van der Waals surface area contributed by atoms with Gasteiger partial charge in [0.1, 0.15) is 0 Å². The Morgan fingerprint density at radius 2 is 1.76 bits per heavy atom. The van der Waals surface area contributed by atoms with Crippen molar-refractivity contribution in [3.05, 3.63) is 94.6 Å². The molecule has 34 heavy (non-hydrogen) atoms. The van der Waals surface area contributed by atoms with Gasteiger partial charge in [-0.15, -0.1) is 0 Å². The van der Waals surface area contributed by atoms with Crippen LogP contribution < -0.4 is 5.32 Å². The third-order valence-electron chi connectivity index (χ3n) is 4.97. The van der Waals surface area contributed by atoms with Gasteiger partial charge in [-0.05, 0) is 49.4 Å². The summed E-state index contributed by atoms with van der Waals surface area (Å²) in [6.07, 6.45) is -2.88. The molecule has 174 valence electrons. The molecule has 0 saturated carbocycles. The van der Waals surface area contributed by atoms with Crippen LogP contribution >= 0.6 is 27.7 Å². The number of alkyl halides is 3. The van der Waals surface area contributed by atoms with E-state index in [1.807, 2.05) is 55.5 Å². The average molecular weight is 546 g/mol. The number of carbonyl (C=O) groups excluding carboxylic acids is 1. The summed E-state index contributed by atoms with van der Waals surface area (Å²) in [4.78, 5) is 16.9. The quantitative estimate of drug-likeness (QED) is 0.257. The number of hydrogen-bond donors (Lipinski definition) is 1. The topological polar surface area (TPSA) is 46.9 Å². The lowest BCUT2D eigenvalue weighted by molar-refractivity contribution is -0.137. The number of thioether (sulfide) groups is 1. The van der Waals surface area contributed by atoms with Gasteiger partial charge in [0.25, 0.3) is 0 Å². The zero-order valence-electron chi connectivity index (χ0n) is 17.9. The lowest BCUT2D eigenvalue weighted by Crippen LogP contribution is -2.14. The number of rotatable bonds is 6. The average Bonchev–Trinajstić information content (AvgIpc) is 3.23. The summed E-state index contributed by atoms with van der Waals surface area (Å²) in [7, 11) is 0. The summed E-state index contributed by atoms with van der Waals surface area (Å²) < 4.78 is 42.6. The zero-order valence-corrected chi connectivity index (χ0v) is 20.3. The van der Waals surface area contributed by atoms with E-state index in [9.17, 15) is 18.0 Å². The Morgan fingerprint density at radius 1 is 1.06 bits per heavy atom. The number of nitrogens with one attached hydrogen (secondary N) is 1. The fourth-order valence-corrected chi connectivity index (χ4v) is 4.35. The van der Waals surface area contributed by atoms with E-state index in [-0.39, 0.29) is 11.7 Å². The van der Waals surface area contributed by atoms with Crippen molar-refractivity contribution in [1.82, 2.24) is 9.55 Å². The van der Waals surface area contributed by atoms with Gasteiger partial charge >= 0.3 is 6.18 Å². The largest absolute Gasteiger partial charge is 0.416 e. The number of aryl methyl sites for hydroxylation is 1. The standard InChI is InChI=1S/C25H19BrF3N3OS/c1-16-5-11-20(12-6-16)31-23(33)15-34-24-30-14-22(17-7-9-19(26)10-8-17)32(24)21-4-2-3-18(13-21)25(27,28)29/h2-14H,15H2,1H3,(H,31,33). The lowest BCUT2D eigenvalue weighted by Gasteiger charge is -2.14. The first-order valence-corrected chi connectivity index (χ1v) is 12.0. The molecule has 1 aromatic heterocycles. The van der Waals surface area contributed by atoms with Crippen molar-refractivity contribution in [2.24, 2.45) is 0 Å². The van der Waals surface area contributed by atoms with Crippen LogP contribution in [0.2, 0.25) is 0 Å². The first-order valence-electron chi connectivity index (χ1n) is 10.2. The highest BCUT2D eigenvalue weighted by molar-refractivity contribution is 9.10.